The highest BCUT2D eigenvalue weighted by Gasteiger charge is 2.40. The minimum atomic E-state index is -1.03. The van der Waals surface area contributed by atoms with Crippen molar-refractivity contribution in [3.8, 4) is 0 Å². The normalized spacial score (nSPS) is 20.8. The molecule has 1 aliphatic rings. The Bertz CT molecular complexity index is 331. The van der Waals surface area contributed by atoms with E-state index in [1.165, 1.54) is 0 Å². The summed E-state index contributed by atoms with van der Waals surface area (Å²) in [5.41, 5.74) is 5.13. The SMILES string of the molecule is CC1(C)OCC(CN)(COC(=O)CCC(=O)O)CO1. The zero-order chi connectivity index (χ0) is 14.5. The van der Waals surface area contributed by atoms with Crippen LogP contribution in [0.3, 0.4) is 0 Å². The molecule has 7 nitrogen and oxygen atoms in total. The van der Waals surface area contributed by atoms with E-state index < -0.39 is 23.1 Å². The van der Waals surface area contributed by atoms with E-state index in [1.807, 2.05) is 0 Å². The Morgan fingerprint density at radius 2 is 1.84 bits per heavy atom. The average molecular weight is 275 g/mol. The summed E-state index contributed by atoms with van der Waals surface area (Å²) in [7, 11) is 0. The fourth-order valence-corrected chi connectivity index (χ4v) is 1.51. The van der Waals surface area contributed by atoms with Crippen molar-refractivity contribution in [2.45, 2.75) is 32.5 Å². The highest BCUT2D eigenvalue weighted by molar-refractivity contribution is 5.76. The highest BCUT2D eigenvalue weighted by atomic mass is 16.7. The summed E-state index contributed by atoms with van der Waals surface area (Å²) in [6, 6.07) is 0. The van der Waals surface area contributed by atoms with Crippen LogP contribution in [0.25, 0.3) is 0 Å². The number of carboxylic acids is 1. The first kappa shape index (κ1) is 15.9. The number of nitrogens with two attached hydrogens (primary N) is 1. The Kier molecular flexibility index (Phi) is 5.28. The first-order valence-corrected chi connectivity index (χ1v) is 6.14. The van der Waals surface area contributed by atoms with Crippen molar-refractivity contribution in [3.05, 3.63) is 0 Å². The molecule has 0 bridgehead atoms. The summed E-state index contributed by atoms with van der Waals surface area (Å²) < 4.78 is 16.1. The van der Waals surface area contributed by atoms with E-state index in [0.717, 1.165) is 0 Å². The number of hydrogen-bond donors (Lipinski definition) is 2. The number of carbonyl (C=O) groups excluding carboxylic acids is 1. The van der Waals surface area contributed by atoms with Crippen LogP contribution < -0.4 is 5.73 Å². The smallest absolute Gasteiger partial charge is 0.306 e. The number of rotatable bonds is 6. The molecule has 0 aromatic carbocycles. The van der Waals surface area contributed by atoms with Gasteiger partial charge in [-0.3, -0.25) is 9.59 Å². The number of carboxylic acid groups (broad SMARTS) is 1. The first-order valence-electron chi connectivity index (χ1n) is 6.14. The molecule has 1 saturated heterocycles. The van der Waals surface area contributed by atoms with Gasteiger partial charge in [0.15, 0.2) is 5.79 Å². The van der Waals surface area contributed by atoms with Crippen LogP contribution >= 0.6 is 0 Å². The van der Waals surface area contributed by atoms with Crippen LogP contribution in [-0.2, 0) is 23.8 Å². The molecule has 1 rings (SSSR count). The Labute approximate surface area is 112 Å². The topological polar surface area (TPSA) is 108 Å². The lowest BCUT2D eigenvalue weighted by Gasteiger charge is -2.42. The molecule has 1 heterocycles. The van der Waals surface area contributed by atoms with Gasteiger partial charge >= 0.3 is 11.9 Å². The van der Waals surface area contributed by atoms with E-state index in [4.69, 9.17) is 25.1 Å². The molecule has 3 N–H and O–H groups in total. The summed E-state index contributed by atoms with van der Waals surface area (Å²) in [6.07, 6.45) is -0.391. The van der Waals surface area contributed by atoms with Gasteiger partial charge in [-0.1, -0.05) is 0 Å². The third-order valence-corrected chi connectivity index (χ3v) is 2.97. The van der Waals surface area contributed by atoms with Gasteiger partial charge in [-0.05, 0) is 13.8 Å². The van der Waals surface area contributed by atoms with Crippen LogP contribution in [0, 0.1) is 5.41 Å². The van der Waals surface area contributed by atoms with Crippen LogP contribution in [0.4, 0.5) is 0 Å². The maximum Gasteiger partial charge on any atom is 0.306 e. The van der Waals surface area contributed by atoms with Crippen molar-refractivity contribution in [1.29, 1.82) is 0 Å². The van der Waals surface area contributed by atoms with E-state index in [2.05, 4.69) is 0 Å². The molecule has 0 radical (unpaired) electrons. The highest BCUT2D eigenvalue weighted by Crippen LogP contribution is 2.29. The minimum absolute atomic E-state index is 0.0675. The van der Waals surface area contributed by atoms with Crippen LogP contribution in [0.1, 0.15) is 26.7 Å². The molecule has 0 amide bonds. The summed E-state index contributed by atoms with van der Waals surface area (Å²) in [6.45, 7) is 4.59. The van der Waals surface area contributed by atoms with Crippen LogP contribution in [0.15, 0.2) is 0 Å². The lowest BCUT2D eigenvalue weighted by atomic mass is 9.90. The lowest BCUT2D eigenvalue weighted by Crippen LogP contribution is -2.52. The second-order valence-corrected chi connectivity index (χ2v) is 5.24. The van der Waals surface area contributed by atoms with Crippen LogP contribution in [0.5, 0.6) is 0 Å². The monoisotopic (exact) mass is 275 g/mol. The molecule has 0 saturated carbocycles. The number of esters is 1. The molecule has 0 unspecified atom stereocenters. The third kappa shape index (κ3) is 5.14. The number of aliphatic carboxylic acids is 1. The minimum Gasteiger partial charge on any atom is -0.481 e. The largest absolute Gasteiger partial charge is 0.481 e. The van der Waals surface area contributed by atoms with Gasteiger partial charge in [0.2, 0.25) is 0 Å². The number of ether oxygens (including phenoxy) is 3. The van der Waals surface area contributed by atoms with Crippen molar-refractivity contribution in [3.63, 3.8) is 0 Å². The molecule has 0 aromatic rings. The van der Waals surface area contributed by atoms with Crippen LogP contribution in [0.2, 0.25) is 0 Å². The molecule has 0 aliphatic carbocycles. The van der Waals surface area contributed by atoms with Crippen molar-refractivity contribution < 1.29 is 28.9 Å². The zero-order valence-electron chi connectivity index (χ0n) is 11.3. The van der Waals surface area contributed by atoms with E-state index in [9.17, 15) is 9.59 Å². The van der Waals surface area contributed by atoms with Crippen molar-refractivity contribution in [2.24, 2.45) is 11.1 Å². The van der Waals surface area contributed by atoms with Crippen molar-refractivity contribution >= 4 is 11.9 Å². The molecular weight excluding hydrogens is 254 g/mol. The summed E-state index contributed by atoms with van der Waals surface area (Å²) >= 11 is 0. The molecule has 110 valence electrons. The molecule has 19 heavy (non-hydrogen) atoms. The van der Waals surface area contributed by atoms with Crippen LogP contribution in [-0.4, -0.2) is 49.2 Å². The maximum atomic E-state index is 11.4. The lowest BCUT2D eigenvalue weighted by molar-refractivity contribution is -0.288. The molecule has 0 aromatic heterocycles. The number of hydrogen-bond acceptors (Lipinski definition) is 6. The molecular formula is C12H21NO6. The maximum absolute atomic E-state index is 11.4. The zero-order valence-corrected chi connectivity index (χ0v) is 11.3. The predicted octanol–water partition coefficient (Wildman–Crippen LogP) is 0.122. The van der Waals surface area contributed by atoms with E-state index >= 15 is 0 Å². The van der Waals surface area contributed by atoms with Gasteiger partial charge in [-0.15, -0.1) is 0 Å². The van der Waals surface area contributed by atoms with Crippen molar-refractivity contribution in [1.82, 2.24) is 0 Å². The van der Waals surface area contributed by atoms with Gasteiger partial charge in [-0.2, -0.15) is 0 Å². The van der Waals surface area contributed by atoms with Gasteiger partial charge in [0.25, 0.3) is 0 Å². The quantitative estimate of drug-likeness (QED) is 0.663. The van der Waals surface area contributed by atoms with Gasteiger partial charge < -0.3 is 25.1 Å². The Balaban J connectivity index is 2.41. The third-order valence-electron chi connectivity index (χ3n) is 2.97. The second-order valence-electron chi connectivity index (χ2n) is 5.24. The Morgan fingerprint density at radius 1 is 1.26 bits per heavy atom. The van der Waals surface area contributed by atoms with Crippen molar-refractivity contribution in [2.75, 3.05) is 26.4 Å². The fraction of sp³-hybridized carbons (Fsp3) is 0.833. The van der Waals surface area contributed by atoms with E-state index in [-0.39, 0.29) is 26.0 Å². The standard InChI is InChI=1S/C12H21NO6/c1-11(2)18-7-12(5-13,8-19-11)6-17-10(16)4-3-9(14)15/h3-8,13H2,1-2H3,(H,14,15). The molecule has 0 spiro atoms. The van der Waals surface area contributed by atoms with Gasteiger partial charge in [0.1, 0.15) is 6.61 Å². The van der Waals surface area contributed by atoms with Gasteiger partial charge in [0.05, 0.1) is 31.5 Å². The van der Waals surface area contributed by atoms with E-state index in [0.29, 0.717) is 13.2 Å². The second kappa shape index (κ2) is 6.31. The predicted molar refractivity (Wildman–Crippen MR) is 65.3 cm³/mol. The van der Waals surface area contributed by atoms with Gasteiger partial charge in [0, 0.05) is 6.54 Å². The first-order chi connectivity index (χ1) is 8.79. The summed E-state index contributed by atoms with van der Waals surface area (Å²) in [5, 5.41) is 8.47. The fourth-order valence-electron chi connectivity index (χ4n) is 1.51. The molecule has 1 fully saturated rings. The van der Waals surface area contributed by atoms with Gasteiger partial charge in [-0.25, -0.2) is 0 Å². The average Bonchev–Trinajstić information content (AvgIpc) is 2.36. The molecule has 1 aliphatic heterocycles. The summed E-state index contributed by atoms with van der Waals surface area (Å²) in [5.74, 6) is -2.25. The summed E-state index contributed by atoms with van der Waals surface area (Å²) in [4.78, 5) is 21.7. The van der Waals surface area contributed by atoms with E-state index in [1.54, 1.807) is 13.8 Å². The number of carbonyl (C=O) groups is 2. The Morgan fingerprint density at radius 3 is 2.32 bits per heavy atom. The molecule has 0 atom stereocenters. The Hall–Kier alpha value is -1.18. The molecule has 7 heteroatoms.